The highest BCUT2D eigenvalue weighted by Crippen LogP contribution is 2.41. The Bertz CT molecular complexity index is 801. The van der Waals surface area contributed by atoms with Crippen molar-refractivity contribution in [1.82, 2.24) is 5.43 Å². The van der Waals surface area contributed by atoms with Crippen LogP contribution < -0.4 is 14.9 Å². The van der Waals surface area contributed by atoms with Gasteiger partial charge in [0.1, 0.15) is 5.60 Å². The van der Waals surface area contributed by atoms with Crippen LogP contribution in [0.25, 0.3) is 0 Å². The van der Waals surface area contributed by atoms with Crippen molar-refractivity contribution in [3.05, 3.63) is 58.1 Å². The van der Waals surface area contributed by atoms with E-state index in [4.69, 9.17) is 9.47 Å². The molecule has 2 aromatic rings. The molecule has 0 saturated heterocycles. The predicted molar refractivity (Wildman–Crippen MR) is 100 cm³/mol. The van der Waals surface area contributed by atoms with Crippen molar-refractivity contribution < 1.29 is 14.3 Å². The van der Waals surface area contributed by atoms with Crippen LogP contribution in [-0.2, 0) is 11.2 Å². The first-order valence-electron chi connectivity index (χ1n) is 7.94. The van der Waals surface area contributed by atoms with Crippen molar-refractivity contribution in [2.24, 2.45) is 5.10 Å². The number of nitrogens with zero attached hydrogens (tertiary/aromatic N) is 1. The van der Waals surface area contributed by atoms with Crippen molar-refractivity contribution >= 4 is 28.1 Å². The highest BCUT2D eigenvalue weighted by Gasteiger charge is 2.32. The lowest BCUT2D eigenvalue weighted by Gasteiger charge is -2.18. The van der Waals surface area contributed by atoms with Gasteiger partial charge in [0.2, 0.25) is 0 Å². The van der Waals surface area contributed by atoms with Crippen LogP contribution in [0.2, 0.25) is 0 Å². The zero-order valence-electron chi connectivity index (χ0n) is 14.1. The summed E-state index contributed by atoms with van der Waals surface area (Å²) in [6.45, 7) is 3.93. The maximum Gasteiger partial charge on any atom is 0.277 e. The van der Waals surface area contributed by atoms with Crippen molar-refractivity contribution in [2.75, 3.05) is 6.61 Å². The van der Waals surface area contributed by atoms with E-state index < -0.39 is 0 Å². The van der Waals surface area contributed by atoms with E-state index in [2.05, 4.69) is 26.5 Å². The fraction of sp³-hybridized carbons (Fsp3) is 0.263. The second-order valence-corrected chi connectivity index (χ2v) is 7.33. The number of para-hydroxylation sites is 1. The number of hydrogen-bond donors (Lipinski definition) is 1. The van der Waals surface area contributed by atoms with Crippen molar-refractivity contribution in [3.8, 4) is 11.5 Å². The quantitative estimate of drug-likeness (QED) is 0.612. The van der Waals surface area contributed by atoms with Gasteiger partial charge in [-0.2, -0.15) is 5.10 Å². The zero-order valence-corrected chi connectivity index (χ0v) is 15.7. The molecular weight excluding hydrogens is 384 g/mol. The summed E-state index contributed by atoms with van der Waals surface area (Å²) < 4.78 is 12.5. The third-order valence-corrected chi connectivity index (χ3v) is 4.22. The summed E-state index contributed by atoms with van der Waals surface area (Å²) in [5.74, 6) is 0.969. The Kier molecular flexibility index (Phi) is 5.08. The van der Waals surface area contributed by atoms with Gasteiger partial charge >= 0.3 is 0 Å². The lowest BCUT2D eigenvalue weighted by Crippen LogP contribution is -2.26. The molecule has 25 heavy (non-hydrogen) atoms. The van der Waals surface area contributed by atoms with Crippen LogP contribution in [0.3, 0.4) is 0 Å². The number of carbonyl (C=O) groups is 1. The third-order valence-electron chi connectivity index (χ3n) is 3.69. The molecule has 0 radical (unpaired) electrons. The Morgan fingerprint density at radius 3 is 2.84 bits per heavy atom. The smallest absolute Gasteiger partial charge is 0.277 e. The van der Waals surface area contributed by atoms with Crippen LogP contribution >= 0.6 is 15.9 Å². The normalized spacial score (nSPS) is 14.8. The number of amides is 1. The average molecular weight is 403 g/mol. The van der Waals surface area contributed by atoms with Gasteiger partial charge in [0.25, 0.3) is 5.91 Å². The SMILES string of the molecule is CC1(C)Cc2cccc(OCC(=O)N/N=C/c3ccc(Br)cc3)c2O1. The fourth-order valence-electron chi connectivity index (χ4n) is 2.60. The molecule has 0 saturated carbocycles. The van der Waals surface area contributed by atoms with E-state index in [-0.39, 0.29) is 18.1 Å². The zero-order chi connectivity index (χ0) is 17.9. The minimum absolute atomic E-state index is 0.127. The molecule has 0 aromatic heterocycles. The Morgan fingerprint density at radius 2 is 2.08 bits per heavy atom. The molecule has 0 aliphatic carbocycles. The molecule has 1 aliphatic rings. The predicted octanol–water partition coefficient (Wildman–Crippen LogP) is 3.69. The number of rotatable bonds is 5. The molecule has 0 bridgehead atoms. The first-order chi connectivity index (χ1) is 11.9. The summed E-state index contributed by atoms with van der Waals surface area (Å²) in [4.78, 5) is 11.9. The molecule has 2 aromatic carbocycles. The minimum Gasteiger partial charge on any atom is -0.483 e. The van der Waals surface area contributed by atoms with Crippen LogP contribution in [0.5, 0.6) is 11.5 Å². The van der Waals surface area contributed by atoms with Crippen LogP contribution in [-0.4, -0.2) is 24.3 Å². The van der Waals surface area contributed by atoms with Gasteiger partial charge in [-0.3, -0.25) is 4.79 Å². The van der Waals surface area contributed by atoms with Gasteiger partial charge in [0.05, 0.1) is 6.21 Å². The number of fused-ring (bicyclic) bond motifs is 1. The molecule has 1 heterocycles. The van der Waals surface area contributed by atoms with Gasteiger partial charge in [-0.25, -0.2) is 5.43 Å². The van der Waals surface area contributed by atoms with E-state index >= 15 is 0 Å². The van der Waals surface area contributed by atoms with Crippen LogP contribution in [0.15, 0.2) is 52.0 Å². The van der Waals surface area contributed by atoms with Gasteiger partial charge in [-0.15, -0.1) is 0 Å². The molecule has 1 aliphatic heterocycles. The van der Waals surface area contributed by atoms with E-state index in [0.29, 0.717) is 5.75 Å². The molecule has 0 atom stereocenters. The third kappa shape index (κ3) is 4.60. The maximum absolute atomic E-state index is 11.9. The molecule has 0 spiro atoms. The first-order valence-corrected chi connectivity index (χ1v) is 8.73. The lowest BCUT2D eigenvalue weighted by molar-refractivity contribution is -0.123. The van der Waals surface area contributed by atoms with E-state index in [1.807, 2.05) is 50.2 Å². The van der Waals surface area contributed by atoms with Crippen molar-refractivity contribution in [1.29, 1.82) is 0 Å². The highest BCUT2D eigenvalue weighted by molar-refractivity contribution is 9.10. The second-order valence-electron chi connectivity index (χ2n) is 6.42. The number of ether oxygens (including phenoxy) is 2. The monoisotopic (exact) mass is 402 g/mol. The number of nitrogens with one attached hydrogen (secondary N) is 1. The van der Waals surface area contributed by atoms with E-state index in [1.54, 1.807) is 12.3 Å². The summed E-state index contributed by atoms with van der Waals surface area (Å²) in [5, 5.41) is 3.93. The molecule has 6 heteroatoms. The van der Waals surface area contributed by atoms with Crippen LogP contribution in [0, 0.1) is 0 Å². The van der Waals surface area contributed by atoms with Crippen molar-refractivity contribution in [3.63, 3.8) is 0 Å². The second kappa shape index (κ2) is 7.27. The molecular formula is C19H19BrN2O3. The fourth-order valence-corrected chi connectivity index (χ4v) is 2.87. The van der Waals surface area contributed by atoms with E-state index in [1.165, 1.54) is 0 Å². The largest absolute Gasteiger partial charge is 0.483 e. The first kappa shape index (κ1) is 17.5. The van der Waals surface area contributed by atoms with Crippen LogP contribution in [0.4, 0.5) is 0 Å². The molecule has 1 N–H and O–H groups in total. The topological polar surface area (TPSA) is 59.9 Å². The number of hydrazone groups is 1. The lowest BCUT2D eigenvalue weighted by atomic mass is 10.0. The van der Waals surface area contributed by atoms with E-state index in [9.17, 15) is 4.79 Å². The minimum atomic E-state index is -0.330. The summed E-state index contributed by atoms with van der Waals surface area (Å²) in [6, 6.07) is 13.3. The van der Waals surface area contributed by atoms with Gasteiger partial charge in [0.15, 0.2) is 18.1 Å². The van der Waals surface area contributed by atoms with Crippen LogP contribution in [0.1, 0.15) is 25.0 Å². The summed E-state index contributed by atoms with van der Waals surface area (Å²) >= 11 is 3.37. The van der Waals surface area contributed by atoms with Gasteiger partial charge < -0.3 is 9.47 Å². The molecule has 0 fully saturated rings. The van der Waals surface area contributed by atoms with Gasteiger partial charge in [0, 0.05) is 16.5 Å². The average Bonchev–Trinajstić information content (AvgIpc) is 2.89. The molecule has 1 amide bonds. The molecule has 5 nitrogen and oxygen atoms in total. The van der Waals surface area contributed by atoms with Gasteiger partial charge in [-0.1, -0.05) is 40.2 Å². The molecule has 130 valence electrons. The summed E-state index contributed by atoms with van der Waals surface area (Å²) in [6.07, 6.45) is 2.40. The standard InChI is InChI=1S/C19H19BrN2O3/c1-19(2)10-14-4-3-5-16(18(14)25-19)24-12-17(23)22-21-11-13-6-8-15(20)9-7-13/h3-9,11H,10,12H2,1-2H3,(H,22,23)/b21-11+. The highest BCUT2D eigenvalue weighted by atomic mass is 79.9. The number of carbonyl (C=O) groups excluding carboxylic acids is 1. The molecule has 3 rings (SSSR count). The number of benzene rings is 2. The van der Waals surface area contributed by atoms with Gasteiger partial charge in [-0.05, 0) is 37.6 Å². The molecule has 0 unspecified atom stereocenters. The van der Waals surface area contributed by atoms with E-state index in [0.717, 1.165) is 27.8 Å². The van der Waals surface area contributed by atoms with Crippen molar-refractivity contribution in [2.45, 2.75) is 25.9 Å². The Balaban J connectivity index is 1.54. The Hall–Kier alpha value is -2.34. The number of hydrogen-bond acceptors (Lipinski definition) is 4. The Labute approximate surface area is 155 Å². The summed E-state index contributed by atoms with van der Waals surface area (Å²) in [5.41, 5.74) is 4.19. The Morgan fingerprint density at radius 1 is 1.32 bits per heavy atom. The maximum atomic E-state index is 11.9. The number of halogens is 1. The summed E-state index contributed by atoms with van der Waals surface area (Å²) in [7, 11) is 0.